The molecule has 6 rings (SSSR count). The summed E-state index contributed by atoms with van der Waals surface area (Å²) in [6.07, 6.45) is 3.62. The Morgan fingerprint density at radius 2 is 1.66 bits per heavy atom. The van der Waals surface area contributed by atoms with Crippen LogP contribution >= 0.6 is 0 Å². The molecular formula is C30H33N7O. The second-order valence-electron chi connectivity index (χ2n) is 10.6. The molecule has 0 amide bonds. The van der Waals surface area contributed by atoms with Crippen LogP contribution in [0.15, 0.2) is 71.8 Å². The van der Waals surface area contributed by atoms with E-state index in [9.17, 15) is 4.79 Å². The third-order valence-corrected chi connectivity index (χ3v) is 7.35. The predicted molar refractivity (Wildman–Crippen MR) is 153 cm³/mol. The standard InChI is InChI=1S/C30H33N7O/c1-21(2)19-36-29-26(28(32-30(36)38)35-17-15-34(3)16-18-35)27(23-11-13-31-14-12-23)37(33-29)20-24-9-6-8-22-7-4-5-10-25(22)24/h4-14,21H,15-20H2,1-3H3. The van der Waals surface area contributed by atoms with Gasteiger partial charge >= 0.3 is 5.69 Å². The fourth-order valence-corrected chi connectivity index (χ4v) is 5.43. The number of piperazine rings is 1. The Balaban J connectivity index is 1.63. The van der Waals surface area contributed by atoms with Crippen LogP contribution in [0.25, 0.3) is 33.1 Å². The van der Waals surface area contributed by atoms with E-state index in [1.807, 2.05) is 24.5 Å². The van der Waals surface area contributed by atoms with Crippen molar-refractivity contribution in [1.29, 1.82) is 0 Å². The molecule has 0 saturated carbocycles. The van der Waals surface area contributed by atoms with E-state index in [-0.39, 0.29) is 11.6 Å². The minimum atomic E-state index is -0.240. The van der Waals surface area contributed by atoms with Crippen LogP contribution in [-0.4, -0.2) is 62.4 Å². The summed E-state index contributed by atoms with van der Waals surface area (Å²) in [6.45, 7) is 8.85. The van der Waals surface area contributed by atoms with Gasteiger partial charge in [0, 0.05) is 50.7 Å². The first kappa shape index (κ1) is 24.3. The molecule has 0 bridgehead atoms. The van der Waals surface area contributed by atoms with E-state index in [2.05, 4.69) is 82.8 Å². The maximum Gasteiger partial charge on any atom is 0.351 e. The summed E-state index contributed by atoms with van der Waals surface area (Å²) >= 11 is 0. The molecule has 0 unspecified atom stereocenters. The zero-order chi connectivity index (χ0) is 26.2. The molecule has 1 aliphatic heterocycles. The van der Waals surface area contributed by atoms with Crippen LogP contribution in [0.4, 0.5) is 5.82 Å². The average Bonchev–Trinajstić information content (AvgIpc) is 3.30. The number of pyridine rings is 1. The largest absolute Gasteiger partial charge is 0.353 e. The molecule has 0 atom stereocenters. The number of nitrogens with zero attached hydrogens (tertiary/aromatic N) is 7. The Morgan fingerprint density at radius 1 is 0.921 bits per heavy atom. The summed E-state index contributed by atoms with van der Waals surface area (Å²) in [4.78, 5) is 27.0. The number of hydrogen-bond donors (Lipinski definition) is 0. The van der Waals surface area contributed by atoms with Crippen molar-refractivity contribution in [2.45, 2.75) is 26.9 Å². The highest BCUT2D eigenvalue weighted by atomic mass is 16.1. The van der Waals surface area contributed by atoms with Crippen LogP contribution in [0, 0.1) is 5.92 Å². The Hall–Kier alpha value is -4.04. The topological polar surface area (TPSA) is 72.1 Å². The van der Waals surface area contributed by atoms with Gasteiger partial charge in [0.2, 0.25) is 0 Å². The van der Waals surface area contributed by atoms with Crippen molar-refractivity contribution < 1.29 is 0 Å². The fraction of sp³-hybridized carbons (Fsp3) is 0.333. The number of aromatic nitrogens is 5. The number of rotatable bonds is 6. The maximum atomic E-state index is 13.4. The second kappa shape index (κ2) is 10.0. The summed E-state index contributed by atoms with van der Waals surface area (Å²) < 4.78 is 3.81. The molecule has 5 aromatic rings. The monoisotopic (exact) mass is 507 g/mol. The Labute approximate surface area is 222 Å². The van der Waals surface area contributed by atoms with Crippen molar-refractivity contribution >= 4 is 27.6 Å². The molecule has 1 aliphatic rings. The summed E-state index contributed by atoms with van der Waals surface area (Å²) in [5.41, 5.74) is 3.61. The minimum absolute atomic E-state index is 0.240. The normalized spacial score (nSPS) is 14.7. The molecule has 3 aromatic heterocycles. The van der Waals surface area contributed by atoms with Gasteiger partial charge in [0.15, 0.2) is 5.65 Å². The van der Waals surface area contributed by atoms with E-state index < -0.39 is 0 Å². The molecular weight excluding hydrogens is 474 g/mol. The van der Waals surface area contributed by atoms with Gasteiger partial charge in [0.1, 0.15) is 5.82 Å². The van der Waals surface area contributed by atoms with Gasteiger partial charge in [0.25, 0.3) is 0 Å². The first-order valence-corrected chi connectivity index (χ1v) is 13.3. The van der Waals surface area contributed by atoms with Gasteiger partial charge in [-0.25, -0.2) is 4.79 Å². The number of benzene rings is 2. The molecule has 1 fully saturated rings. The third kappa shape index (κ3) is 4.45. The SMILES string of the molecule is CC(C)Cn1c(=O)nc(N2CCN(C)CC2)c2c(-c3ccncc3)n(Cc3cccc4ccccc34)nc21. The van der Waals surface area contributed by atoms with Gasteiger partial charge < -0.3 is 9.80 Å². The predicted octanol–water partition coefficient (Wildman–Crippen LogP) is 4.26. The lowest BCUT2D eigenvalue weighted by molar-refractivity contribution is 0.312. The van der Waals surface area contributed by atoms with Crippen LogP contribution in [0.2, 0.25) is 0 Å². The maximum absolute atomic E-state index is 13.4. The van der Waals surface area contributed by atoms with Crippen molar-refractivity contribution in [2.24, 2.45) is 5.92 Å². The summed E-state index contributed by atoms with van der Waals surface area (Å²) in [6, 6.07) is 18.9. The Morgan fingerprint density at radius 3 is 2.42 bits per heavy atom. The van der Waals surface area contributed by atoms with Crippen LogP contribution in [0.1, 0.15) is 19.4 Å². The van der Waals surface area contributed by atoms with Gasteiger partial charge in [0.05, 0.1) is 17.6 Å². The summed E-state index contributed by atoms with van der Waals surface area (Å²) in [5, 5.41) is 8.49. The van der Waals surface area contributed by atoms with Gasteiger partial charge in [-0.3, -0.25) is 14.2 Å². The Kier molecular flexibility index (Phi) is 6.41. The van der Waals surface area contributed by atoms with Gasteiger partial charge in [-0.15, -0.1) is 0 Å². The average molecular weight is 508 g/mol. The number of hydrogen-bond acceptors (Lipinski definition) is 6. The summed E-state index contributed by atoms with van der Waals surface area (Å²) in [5.74, 6) is 1.01. The van der Waals surface area contributed by atoms with Crippen LogP contribution in [0.5, 0.6) is 0 Å². The molecule has 0 spiro atoms. The van der Waals surface area contributed by atoms with E-state index in [1.165, 1.54) is 16.3 Å². The van der Waals surface area contributed by atoms with Gasteiger partial charge in [-0.05, 0) is 41.4 Å². The molecule has 2 aromatic carbocycles. The molecule has 8 heteroatoms. The van der Waals surface area contributed by atoms with Crippen molar-refractivity contribution in [2.75, 3.05) is 38.1 Å². The molecule has 0 radical (unpaired) electrons. The Bertz CT molecular complexity index is 1640. The van der Waals surface area contributed by atoms with Crippen molar-refractivity contribution in [3.63, 3.8) is 0 Å². The molecule has 0 N–H and O–H groups in total. The number of anilines is 1. The summed E-state index contributed by atoms with van der Waals surface area (Å²) in [7, 11) is 2.13. The zero-order valence-electron chi connectivity index (χ0n) is 22.2. The van der Waals surface area contributed by atoms with E-state index >= 15 is 0 Å². The quantitative estimate of drug-likeness (QED) is 0.342. The fourth-order valence-electron chi connectivity index (χ4n) is 5.43. The first-order valence-electron chi connectivity index (χ1n) is 13.3. The van der Waals surface area contributed by atoms with E-state index in [1.54, 1.807) is 4.57 Å². The van der Waals surface area contributed by atoms with Gasteiger partial charge in [-0.2, -0.15) is 10.1 Å². The third-order valence-electron chi connectivity index (χ3n) is 7.35. The highest BCUT2D eigenvalue weighted by molar-refractivity contribution is 6.00. The molecule has 194 valence electrons. The molecule has 4 heterocycles. The number of likely N-dealkylation sites (N-methyl/N-ethyl adjacent to an activating group) is 1. The van der Waals surface area contributed by atoms with Crippen LogP contribution < -0.4 is 10.6 Å². The minimum Gasteiger partial charge on any atom is -0.353 e. The highest BCUT2D eigenvalue weighted by Gasteiger charge is 2.27. The first-order chi connectivity index (χ1) is 18.5. The highest BCUT2D eigenvalue weighted by Crippen LogP contribution is 2.35. The lowest BCUT2D eigenvalue weighted by atomic mass is 10.0. The molecule has 0 aliphatic carbocycles. The lowest BCUT2D eigenvalue weighted by Crippen LogP contribution is -2.45. The zero-order valence-corrected chi connectivity index (χ0v) is 22.2. The molecule has 38 heavy (non-hydrogen) atoms. The van der Waals surface area contributed by atoms with Crippen molar-refractivity contribution in [3.8, 4) is 11.3 Å². The molecule has 8 nitrogen and oxygen atoms in total. The number of fused-ring (bicyclic) bond motifs is 2. The van der Waals surface area contributed by atoms with E-state index in [0.29, 0.717) is 18.7 Å². The van der Waals surface area contributed by atoms with Crippen molar-refractivity contribution in [3.05, 3.63) is 83.0 Å². The second-order valence-corrected chi connectivity index (χ2v) is 10.6. The van der Waals surface area contributed by atoms with Crippen molar-refractivity contribution in [1.82, 2.24) is 29.2 Å². The van der Waals surface area contributed by atoms with Crippen LogP contribution in [-0.2, 0) is 13.1 Å². The van der Waals surface area contributed by atoms with Crippen LogP contribution in [0.3, 0.4) is 0 Å². The molecule has 1 saturated heterocycles. The van der Waals surface area contributed by atoms with Gasteiger partial charge in [-0.1, -0.05) is 56.3 Å². The smallest absolute Gasteiger partial charge is 0.351 e. The van der Waals surface area contributed by atoms with E-state index in [0.717, 1.165) is 48.6 Å². The lowest BCUT2D eigenvalue weighted by Gasteiger charge is -2.33. The van der Waals surface area contributed by atoms with E-state index in [4.69, 9.17) is 10.1 Å².